The van der Waals surface area contributed by atoms with E-state index < -0.39 is 0 Å². The molecule has 0 atom stereocenters. The van der Waals surface area contributed by atoms with Crippen molar-refractivity contribution in [2.24, 2.45) is 0 Å². The fourth-order valence-electron chi connectivity index (χ4n) is 1.87. The molecule has 0 aliphatic heterocycles. The van der Waals surface area contributed by atoms with Gasteiger partial charge in [-0.2, -0.15) is 5.26 Å². The molecule has 0 radical (unpaired) electrons. The highest BCUT2D eigenvalue weighted by Crippen LogP contribution is 2.26. The molecule has 0 spiro atoms. The van der Waals surface area contributed by atoms with E-state index in [0.717, 1.165) is 5.56 Å². The van der Waals surface area contributed by atoms with Gasteiger partial charge in [-0.05, 0) is 36.2 Å². The number of carbonyl (C=O) groups is 1. The van der Waals surface area contributed by atoms with Crippen LogP contribution >= 0.6 is 0 Å². The molecule has 0 unspecified atom stereocenters. The van der Waals surface area contributed by atoms with Crippen LogP contribution in [0.25, 0.3) is 0 Å². The second-order valence-corrected chi connectivity index (χ2v) is 4.43. The van der Waals surface area contributed by atoms with Crippen LogP contribution in [0.5, 0.6) is 11.5 Å². The van der Waals surface area contributed by atoms with Crippen molar-refractivity contribution < 1.29 is 14.3 Å². The molecule has 2 rings (SSSR count). The third-order valence-electron chi connectivity index (χ3n) is 2.99. The summed E-state index contributed by atoms with van der Waals surface area (Å²) in [4.78, 5) is 11.8. The Morgan fingerprint density at radius 3 is 2.38 bits per heavy atom. The Kier molecular flexibility index (Phi) is 4.94. The molecular formula is C17H15NO3. The van der Waals surface area contributed by atoms with Crippen LogP contribution in [0.4, 0.5) is 0 Å². The number of aryl methyl sites for hydroxylation is 1. The molecule has 106 valence electrons. The number of hydrogen-bond acceptors (Lipinski definition) is 4. The predicted molar refractivity (Wildman–Crippen MR) is 78.1 cm³/mol. The number of ether oxygens (including phenoxy) is 2. The summed E-state index contributed by atoms with van der Waals surface area (Å²) in [6.45, 7) is 0. The van der Waals surface area contributed by atoms with Gasteiger partial charge in [-0.1, -0.05) is 24.3 Å². The lowest BCUT2D eigenvalue weighted by Crippen LogP contribution is -2.09. The fourth-order valence-corrected chi connectivity index (χ4v) is 1.87. The van der Waals surface area contributed by atoms with E-state index in [-0.39, 0.29) is 12.4 Å². The van der Waals surface area contributed by atoms with Crippen LogP contribution in [0.1, 0.15) is 17.5 Å². The minimum absolute atomic E-state index is 0.268. The normalized spacial score (nSPS) is 9.71. The topological polar surface area (TPSA) is 59.3 Å². The molecule has 0 aliphatic carbocycles. The highest BCUT2D eigenvalue weighted by atomic mass is 16.6. The SMILES string of the molecule is COc1ccccc1OC(=O)CCc1ccc(C#N)cc1. The molecule has 0 saturated heterocycles. The molecule has 4 heteroatoms. The second kappa shape index (κ2) is 7.11. The van der Waals surface area contributed by atoms with Crippen LogP contribution in [0.3, 0.4) is 0 Å². The smallest absolute Gasteiger partial charge is 0.311 e. The zero-order valence-corrected chi connectivity index (χ0v) is 11.7. The van der Waals surface area contributed by atoms with Crippen LogP contribution < -0.4 is 9.47 Å². The summed E-state index contributed by atoms with van der Waals surface area (Å²) in [5.41, 5.74) is 1.60. The van der Waals surface area contributed by atoms with Crippen LogP contribution in [-0.4, -0.2) is 13.1 Å². The summed E-state index contributed by atoms with van der Waals surface area (Å²) in [6, 6.07) is 16.2. The first-order valence-electron chi connectivity index (χ1n) is 6.55. The summed E-state index contributed by atoms with van der Waals surface area (Å²) in [6.07, 6.45) is 0.837. The minimum atomic E-state index is -0.316. The van der Waals surface area contributed by atoms with Crippen molar-refractivity contribution in [1.29, 1.82) is 5.26 Å². The third kappa shape index (κ3) is 4.08. The Balaban J connectivity index is 1.91. The highest BCUT2D eigenvalue weighted by Gasteiger charge is 2.09. The number of nitrogens with zero attached hydrogens (tertiary/aromatic N) is 1. The number of nitriles is 1. The van der Waals surface area contributed by atoms with Crippen molar-refractivity contribution in [2.45, 2.75) is 12.8 Å². The average Bonchev–Trinajstić information content (AvgIpc) is 2.54. The van der Waals surface area contributed by atoms with E-state index >= 15 is 0 Å². The van der Waals surface area contributed by atoms with Gasteiger partial charge in [0.1, 0.15) is 0 Å². The lowest BCUT2D eigenvalue weighted by atomic mass is 10.1. The zero-order chi connectivity index (χ0) is 15.1. The molecule has 2 aromatic rings. The minimum Gasteiger partial charge on any atom is -0.493 e. The van der Waals surface area contributed by atoms with Gasteiger partial charge in [-0.15, -0.1) is 0 Å². The number of methoxy groups -OCH3 is 1. The van der Waals surface area contributed by atoms with E-state index in [1.54, 1.807) is 30.3 Å². The summed E-state index contributed by atoms with van der Waals surface area (Å²) < 4.78 is 10.4. The van der Waals surface area contributed by atoms with Gasteiger partial charge in [0.05, 0.1) is 18.7 Å². The van der Waals surface area contributed by atoms with Crippen LogP contribution in [0, 0.1) is 11.3 Å². The van der Waals surface area contributed by atoms with Gasteiger partial charge in [0, 0.05) is 6.42 Å². The monoisotopic (exact) mass is 281 g/mol. The molecule has 0 bridgehead atoms. The number of carbonyl (C=O) groups excluding carboxylic acids is 1. The maximum Gasteiger partial charge on any atom is 0.311 e. The molecule has 0 aliphatic rings. The Labute approximate surface area is 123 Å². The summed E-state index contributed by atoms with van der Waals surface area (Å²) >= 11 is 0. The highest BCUT2D eigenvalue weighted by molar-refractivity contribution is 5.73. The van der Waals surface area contributed by atoms with Gasteiger partial charge in [0.2, 0.25) is 0 Å². The molecule has 4 nitrogen and oxygen atoms in total. The number of para-hydroxylation sites is 2. The maximum absolute atomic E-state index is 11.8. The number of rotatable bonds is 5. The van der Waals surface area contributed by atoms with E-state index in [9.17, 15) is 4.79 Å². The first-order chi connectivity index (χ1) is 10.2. The van der Waals surface area contributed by atoms with Gasteiger partial charge in [0.25, 0.3) is 0 Å². The van der Waals surface area contributed by atoms with Crippen molar-refractivity contribution in [1.82, 2.24) is 0 Å². The quantitative estimate of drug-likeness (QED) is 0.624. The van der Waals surface area contributed by atoms with E-state index in [2.05, 4.69) is 6.07 Å². The molecule has 0 heterocycles. The van der Waals surface area contributed by atoms with Crippen molar-refractivity contribution in [3.05, 3.63) is 59.7 Å². The number of esters is 1. The molecule has 2 aromatic carbocycles. The molecular weight excluding hydrogens is 266 g/mol. The molecule has 0 amide bonds. The van der Waals surface area contributed by atoms with Gasteiger partial charge in [-0.25, -0.2) is 0 Å². The first kappa shape index (κ1) is 14.6. The van der Waals surface area contributed by atoms with Gasteiger partial charge in [-0.3, -0.25) is 4.79 Å². The van der Waals surface area contributed by atoms with Crippen LogP contribution in [0.15, 0.2) is 48.5 Å². The molecule has 0 N–H and O–H groups in total. The third-order valence-corrected chi connectivity index (χ3v) is 2.99. The zero-order valence-electron chi connectivity index (χ0n) is 11.7. The lowest BCUT2D eigenvalue weighted by Gasteiger charge is -2.08. The van der Waals surface area contributed by atoms with E-state index in [0.29, 0.717) is 23.5 Å². The van der Waals surface area contributed by atoms with Crippen LogP contribution in [-0.2, 0) is 11.2 Å². The first-order valence-corrected chi connectivity index (χ1v) is 6.55. The molecule has 0 saturated carbocycles. The van der Waals surface area contributed by atoms with Gasteiger partial charge < -0.3 is 9.47 Å². The summed E-state index contributed by atoms with van der Waals surface area (Å²) in [7, 11) is 1.53. The lowest BCUT2D eigenvalue weighted by molar-refractivity contribution is -0.134. The van der Waals surface area contributed by atoms with E-state index in [4.69, 9.17) is 14.7 Å². The Morgan fingerprint density at radius 2 is 1.76 bits per heavy atom. The van der Waals surface area contributed by atoms with Gasteiger partial charge >= 0.3 is 5.97 Å². The Bertz CT molecular complexity index is 656. The largest absolute Gasteiger partial charge is 0.493 e. The second-order valence-electron chi connectivity index (χ2n) is 4.43. The summed E-state index contributed by atoms with van der Waals surface area (Å²) in [5, 5.41) is 8.72. The van der Waals surface area contributed by atoms with Crippen molar-refractivity contribution in [2.75, 3.05) is 7.11 Å². The van der Waals surface area contributed by atoms with Crippen LogP contribution in [0.2, 0.25) is 0 Å². The molecule has 0 aromatic heterocycles. The number of hydrogen-bond donors (Lipinski definition) is 0. The summed E-state index contributed by atoms with van der Waals surface area (Å²) in [5.74, 6) is 0.637. The van der Waals surface area contributed by atoms with Crippen molar-refractivity contribution in [3.8, 4) is 17.6 Å². The molecule has 0 fully saturated rings. The van der Waals surface area contributed by atoms with Crippen molar-refractivity contribution in [3.63, 3.8) is 0 Å². The number of benzene rings is 2. The predicted octanol–water partition coefficient (Wildman–Crippen LogP) is 3.11. The Hall–Kier alpha value is -2.80. The fraction of sp³-hybridized carbons (Fsp3) is 0.176. The van der Waals surface area contributed by atoms with Gasteiger partial charge in [0.15, 0.2) is 11.5 Å². The van der Waals surface area contributed by atoms with E-state index in [1.165, 1.54) is 7.11 Å². The van der Waals surface area contributed by atoms with Crippen molar-refractivity contribution >= 4 is 5.97 Å². The average molecular weight is 281 g/mol. The Morgan fingerprint density at radius 1 is 1.10 bits per heavy atom. The molecule has 21 heavy (non-hydrogen) atoms. The standard InChI is InChI=1S/C17H15NO3/c1-20-15-4-2-3-5-16(15)21-17(19)11-10-13-6-8-14(12-18)9-7-13/h2-9H,10-11H2,1H3. The maximum atomic E-state index is 11.8. The van der Waals surface area contributed by atoms with E-state index in [1.807, 2.05) is 18.2 Å².